The van der Waals surface area contributed by atoms with Crippen molar-refractivity contribution in [2.24, 2.45) is 5.92 Å². The highest BCUT2D eigenvalue weighted by Crippen LogP contribution is 2.30. The van der Waals surface area contributed by atoms with Gasteiger partial charge in [0, 0.05) is 16.8 Å². The van der Waals surface area contributed by atoms with Crippen molar-refractivity contribution < 1.29 is 19.2 Å². The summed E-state index contributed by atoms with van der Waals surface area (Å²) in [5.41, 5.74) is 3.43. The van der Waals surface area contributed by atoms with Gasteiger partial charge in [-0.05, 0) is 60.9 Å². The number of carbonyl (C=O) groups excluding carboxylic acids is 4. The molecule has 0 aromatic heterocycles. The monoisotopic (exact) mass is 484 g/mol. The van der Waals surface area contributed by atoms with E-state index in [0.717, 1.165) is 5.56 Å². The van der Waals surface area contributed by atoms with Gasteiger partial charge in [-0.1, -0.05) is 44.2 Å². The lowest BCUT2D eigenvalue weighted by Crippen LogP contribution is -2.47. The molecule has 36 heavy (non-hydrogen) atoms. The van der Waals surface area contributed by atoms with Gasteiger partial charge in [0.05, 0.1) is 11.4 Å². The molecule has 1 heterocycles. The first-order valence-corrected chi connectivity index (χ1v) is 11.7. The number of benzene rings is 3. The SMILES string of the molecule is Cc1ccccc1C(=O)NC(C(=O)Nc1ccc(C(=O)N2CC(=O)Nc3ccccc32)cc1)C(C)C. The molecule has 0 saturated heterocycles. The fraction of sp³-hybridized carbons (Fsp3) is 0.214. The number of nitrogens with zero attached hydrogens (tertiary/aromatic N) is 1. The van der Waals surface area contributed by atoms with Crippen molar-refractivity contribution in [1.82, 2.24) is 5.32 Å². The molecule has 1 unspecified atom stereocenters. The predicted molar refractivity (Wildman–Crippen MR) is 139 cm³/mol. The number of hydrogen-bond donors (Lipinski definition) is 3. The van der Waals surface area contributed by atoms with Crippen LogP contribution in [0.2, 0.25) is 0 Å². The molecule has 1 aliphatic heterocycles. The first kappa shape index (κ1) is 24.7. The summed E-state index contributed by atoms with van der Waals surface area (Å²) < 4.78 is 0. The highest BCUT2D eigenvalue weighted by Gasteiger charge is 2.28. The number of hydrogen-bond acceptors (Lipinski definition) is 4. The van der Waals surface area contributed by atoms with E-state index >= 15 is 0 Å². The molecule has 8 heteroatoms. The summed E-state index contributed by atoms with van der Waals surface area (Å²) in [4.78, 5) is 52.4. The van der Waals surface area contributed by atoms with Gasteiger partial charge in [0.15, 0.2) is 0 Å². The number of anilines is 3. The molecule has 184 valence electrons. The first-order valence-electron chi connectivity index (χ1n) is 11.7. The molecule has 1 atom stereocenters. The maximum atomic E-state index is 13.1. The van der Waals surface area contributed by atoms with Crippen LogP contribution in [0, 0.1) is 12.8 Å². The molecule has 0 saturated carbocycles. The minimum Gasteiger partial charge on any atom is -0.340 e. The van der Waals surface area contributed by atoms with Crippen molar-refractivity contribution in [1.29, 1.82) is 0 Å². The third kappa shape index (κ3) is 5.27. The average molecular weight is 485 g/mol. The Morgan fingerprint density at radius 2 is 1.58 bits per heavy atom. The number of nitrogens with one attached hydrogen (secondary N) is 3. The number of para-hydroxylation sites is 2. The molecule has 3 N–H and O–H groups in total. The number of fused-ring (bicyclic) bond motifs is 1. The molecule has 3 aromatic rings. The van der Waals surface area contributed by atoms with E-state index in [2.05, 4.69) is 16.0 Å². The number of carbonyl (C=O) groups is 4. The van der Waals surface area contributed by atoms with E-state index in [-0.39, 0.29) is 36.1 Å². The van der Waals surface area contributed by atoms with Gasteiger partial charge in [0.25, 0.3) is 11.8 Å². The Kier molecular flexibility index (Phi) is 7.15. The largest absolute Gasteiger partial charge is 0.340 e. The number of rotatable bonds is 6. The molecule has 4 rings (SSSR count). The number of amides is 4. The van der Waals surface area contributed by atoms with Gasteiger partial charge >= 0.3 is 0 Å². The normalized spacial score (nSPS) is 13.4. The summed E-state index contributed by atoms with van der Waals surface area (Å²) >= 11 is 0. The summed E-state index contributed by atoms with van der Waals surface area (Å²) in [6, 6.07) is 20.0. The van der Waals surface area contributed by atoms with Crippen molar-refractivity contribution >= 4 is 40.7 Å². The summed E-state index contributed by atoms with van der Waals surface area (Å²) in [5, 5.41) is 8.41. The van der Waals surface area contributed by atoms with E-state index in [9.17, 15) is 19.2 Å². The van der Waals surface area contributed by atoms with Crippen LogP contribution >= 0.6 is 0 Å². The summed E-state index contributed by atoms with van der Waals surface area (Å²) in [6.07, 6.45) is 0. The molecule has 0 radical (unpaired) electrons. The van der Waals surface area contributed by atoms with Gasteiger partial charge in [0.2, 0.25) is 11.8 Å². The van der Waals surface area contributed by atoms with Gasteiger partial charge in [0.1, 0.15) is 12.6 Å². The van der Waals surface area contributed by atoms with Crippen LogP contribution < -0.4 is 20.9 Å². The van der Waals surface area contributed by atoms with Crippen LogP contribution in [0.3, 0.4) is 0 Å². The Morgan fingerprint density at radius 1 is 0.917 bits per heavy atom. The van der Waals surface area contributed by atoms with E-state index in [1.165, 1.54) is 4.90 Å². The van der Waals surface area contributed by atoms with Crippen molar-refractivity contribution in [2.45, 2.75) is 26.8 Å². The van der Waals surface area contributed by atoms with Crippen LogP contribution in [-0.4, -0.2) is 36.2 Å². The molecule has 0 fully saturated rings. The summed E-state index contributed by atoms with van der Waals surface area (Å²) in [6.45, 7) is 5.48. The van der Waals surface area contributed by atoms with E-state index in [4.69, 9.17) is 0 Å². The van der Waals surface area contributed by atoms with Crippen LogP contribution in [0.1, 0.15) is 40.1 Å². The lowest BCUT2D eigenvalue weighted by atomic mass is 10.0. The zero-order chi connectivity index (χ0) is 25.8. The van der Waals surface area contributed by atoms with Crippen LogP contribution in [0.15, 0.2) is 72.8 Å². The molecule has 3 aromatic carbocycles. The average Bonchev–Trinajstić information content (AvgIpc) is 2.86. The Balaban J connectivity index is 1.45. The highest BCUT2D eigenvalue weighted by atomic mass is 16.2. The standard InChI is InChI=1S/C28H28N4O4/c1-17(2)25(31-26(34)21-9-5-4-8-18(21)3)27(35)29-20-14-12-19(13-15-20)28(36)32-16-24(33)30-22-10-6-7-11-23(22)32/h4-15,17,25H,16H2,1-3H3,(H,29,35)(H,30,33)(H,31,34). The highest BCUT2D eigenvalue weighted by molar-refractivity contribution is 6.15. The first-order chi connectivity index (χ1) is 17.2. The Labute approximate surface area is 209 Å². The Hall–Kier alpha value is -4.46. The van der Waals surface area contributed by atoms with Crippen molar-refractivity contribution in [3.05, 3.63) is 89.5 Å². The maximum absolute atomic E-state index is 13.1. The molecule has 0 bridgehead atoms. The lowest BCUT2D eigenvalue weighted by Gasteiger charge is -2.29. The lowest BCUT2D eigenvalue weighted by molar-refractivity contribution is -0.119. The van der Waals surface area contributed by atoms with Crippen molar-refractivity contribution in [3.63, 3.8) is 0 Å². The summed E-state index contributed by atoms with van der Waals surface area (Å²) in [5.74, 6) is -1.40. The smallest absolute Gasteiger partial charge is 0.258 e. The second-order valence-electron chi connectivity index (χ2n) is 9.03. The summed E-state index contributed by atoms with van der Waals surface area (Å²) in [7, 11) is 0. The predicted octanol–water partition coefficient (Wildman–Crippen LogP) is 3.99. The van der Waals surface area contributed by atoms with Gasteiger partial charge in [-0.3, -0.25) is 24.1 Å². The van der Waals surface area contributed by atoms with Crippen LogP contribution in [-0.2, 0) is 9.59 Å². The minimum absolute atomic E-state index is 0.0784. The fourth-order valence-electron chi connectivity index (χ4n) is 4.07. The second kappa shape index (κ2) is 10.4. The third-order valence-corrected chi connectivity index (χ3v) is 6.04. The molecule has 1 aliphatic rings. The fourth-order valence-corrected chi connectivity index (χ4v) is 4.07. The molecule has 0 aliphatic carbocycles. The molecule has 4 amide bonds. The zero-order valence-electron chi connectivity index (χ0n) is 20.4. The number of aryl methyl sites for hydroxylation is 1. The topological polar surface area (TPSA) is 108 Å². The van der Waals surface area contributed by atoms with E-state index in [1.807, 2.05) is 32.9 Å². The quantitative estimate of drug-likeness (QED) is 0.492. The minimum atomic E-state index is -0.748. The van der Waals surface area contributed by atoms with Crippen molar-refractivity contribution in [3.8, 4) is 0 Å². The zero-order valence-corrected chi connectivity index (χ0v) is 20.4. The van der Waals surface area contributed by atoms with E-state index in [0.29, 0.717) is 28.2 Å². The molecule has 8 nitrogen and oxygen atoms in total. The van der Waals surface area contributed by atoms with Crippen LogP contribution in [0.4, 0.5) is 17.1 Å². The Morgan fingerprint density at radius 3 is 2.28 bits per heavy atom. The molecular formula is C28H28N4O4. The molecule has 0 spiro atoms. The van der Waals surface area contributed by atoms with Gasteiger partial charge < -0.3 is 16.0 Å². The van der Waals surface area contributed by atoms with Crippen LogP contribution in [0.25, 0.3) is 0 Å². The second-order valence-corrected chi connectivity index (χ2v) is 9.03. The Bertz CT molecular complexity index is 1320. The van der Waals surface area contributed by atoms with Gasteiger partial charge in [-0.2, -0.15) is 0 Å². The van der Waals surface area contributed by atoms with Gasteiger partial charge in [-0.15, -0.1) is 0 Å². The maximum Gasteiger partial charge on any atom is 0.258 e. The third-order valence-electron chi connectivity index (χ3n) is 6.04. The van der Waals surface area contributed by atoms with E-state index < -0.39 is 6.04 Å². The van der Waals surface area contributed by atoms with Gasteiger partial charge in [-0.25, -0.2) is 0 Å². The van der Waals surface area contributed by atoms with E-state index in [1.54, 1.807) is 60.7 Å². The van der Waals surface area contributed by atoms with Crippen LogP contribution in [0.5, 0.6) is 0 Å². The van der Waals surface area contributed by atoms with Crippen molar-refractivity contribution in [2.75, 3.05) is 22.1 Å². The molecular weight excluding hydrogens is 456 g/mol.